The maximum absolute atomic E-state index is 13.0. The minimum atomic E-state index is -0.684. The number of anilines is 2. The van der Waals surface area contributed by atoms with E-state index < -0.39 is 22.1 Å². The second-order valence-electron chi connectivity index (χ2n) is 7.12. The molecule has 1 amide bonds. The van der Waals surface area contributed by atoms with Crippen molar-refractivity contribution >= 4 is 68.9 Å². The molecule has 9 nitrogen and oxygen atoms in total. The first-order chi connectivity index (χ1) is 16.2. The average Bonchev–Trinajstić information content (AvgIpc) is 2.80. The van der Waals surface area contributed by atoms with Crippen LogP contribution in [-0.2, 0) is 6.54 Å². The van der Waals surface area contributed by atoms with Crippen LogP contribution in [0.15, 0.2) is 59.4 Å². The Bertz CT molecular complexity index is 1490. The molecule has 34 heavy (non-hydrogen) atoms. The zero-order chi connectivity index (χ0) is 24.4. The van der Waals surface area contributed by atoms with Gasteiger partial charge < -0.3 is 10.6 Å². The van der Waals surface area contributed by atoms with Gasteiger partial charge in [0.05, 0.1) is 31.4 Å². The zero-order valence-electron chi connectivity index (χ0n) is 17.1. The lowest BCUT2D eigenvalue weighted by Gasteiger charge is -2.11. The molecule has 4 aromatic rings. The molecule has 0 unspecified atom stereocenters. The normalized spacial score (nSPS) is 10.8. The highest BCUT2D eigenvalue weighted by atomic mass is 35.5. The molecule has 172 valence electrons. The van der Waals surface area contributed by atoms with Gasteiger partial charge in [-0.25, -0.2) is 4.98 Å². The highest BCUT2D eigenvalue weighted by Gasteiger charge is 2.20. The van der Waals surface area contributed by atoms with Gasteiger partial charge in [0, 0.05) is 29.4 Å². The lowest BCUT2D eigenvalue weighted by Crippen LogP contribution is -2.24. The zero-order valence-corrected chi connectivity index (χ0v) is 19.3. The number of nitro groups is 1. The summed E-state index contributed by atoms with van der Waals surface area (Å²) in [4.78, 5) is 43.2. The molecule has 0 saturated heterocycles. The Hall–Kier alpha value is -3.66. The molecule has 3 N–H and O–H groups in total. The molecule has 0 fully saturated rings. The molecule has 1 heterocycles. The number of hydrogen-bond donors (Lipinski definition) is 3. The Balaban J connectivity index is 1.74. The van der Waals surface area contributed by atoms with Gasteiger partial charge in [0.15, 0.2) is 0 Å². The fraction of sp³-hybridized carbons (Fsp3) is 0.0455. The monoisotopic (exact) mass is 517 g/mol. The molecule has 0 aliphatic heterocycles. The number of H-pyrrole nitrogens is 1. The van der Waals surface area contributed by atoms with Crippen molar-refractivity contribution in [3.05, 3.63) is 101 Å². The summed E-state index contributed by atoms with van der Waals surface area (Å²) in [5.41, 5.74) is 0.0319. The average molecular weight is 519 g/mol. The highest BCUT2D eigenvalue weighted by molar-refractivity contribution is 6.42. The molecule has 0 aliphatic carbocycles. The molecule has 12 heteroatoms. The van der Waals surface area contributed by atoms with E-state index in [2.05, 4.69) is 20.6 Å². The number of benzene rings is 3. The number of nitrogens with zero attached hydrogens (tertiary/aromatic N) is 2. The van der Waals surface area contributed by atoms with Crippen molar-refractivity contribution < 1.29 is 9.72 Å². The molecular formula is C22H14Cl3N5O4. The van der Waals surface area contributed by atoms with Crippen LogP contribution in [0, 0.1) is 10.1 Å². The maximum atomic E-state index is 13.0. The number of nitrogens with one attached hydrogen (secondary N) is 3. The van der Waals surface area contributed by atoms with Gasteiger partial charge in [0.2, 0.25) is 5.95 Å². The fourth-order valence-electron chi connectivity index (χ4n) is 3.16. The number of carbonyl (C=O) groups is 1. The number of non-ortho nitro benzene ring substituents is 1. The van der Waals surface area contributed by atoms with E-state index in [0.29, 0.717) is 15.7 Å². The van der Waals surface area contributed by atoms with Crippen LogP contribution in [-0.4, -0.2) is 20.8 Å². The molecule has 0 radical (unpaired) electrons. The third-order valence-electron chi connectivity index (χ3n) is 4.80. The molecule has 0 bridgehead atoms. The minimum absolute atomic E-state index is 0.00878. The Labute approximate surface area is 206 Å². The van der Waals surface area contributed by atoms with Crippen LogP contribution in [0.1, 0.15) is 15.9 Å². The van der Waals surface area contributed by atoms with Crippen molar-refractivity contribution in [1.29, 1.82) is 0 Å². The number of halogens is 3. The molecule has 1 aromatic heterocycles. The topological polar surface area (TPSA) is 130 Å². The number of carbonyl (C=O) groups excluding carboxylic acids is 1. The fourth-order valence-corrected chi connectivity index (χ4v) is 3.58. The van der Waals surface area contributed by atoms with Crippen molar-refractivity contribution in [3.8, 4) is 0 Å². The van der Waals surface area contributed by atoms with E-state index >= 15 is 0 Å². The predicted molar refractivity (Wildman–Crippen MR) is 131 cm³/mol. The molecule has 0 spiro atoms. The van der Waals surface area contributed by atoms with Crippen molar-refractivity contribution in [3.63, 3.8) is 0 Å². The molecule has 0 atom stereocenters. The standard InChI is InChI=1S/C22H14Cl3N5O4/c23-12-3-1-11(2-4-12)10-26-20(31)15-8-14(30(33)34)9-16-19(15)28-22(29-21(16)32)27-13-5-6-17(24)18(25)7-13/h1-9H,10H2,(H,26,31)(H2,27,28,29,32). The van der Waals surface area contributed by atoms with Gasteiger partial charge in [-0.2, -0.15) is 0 Å². The van der Waals surface area contributed by atoms with Gasteiger partial charge in [-0.15, -0.1) is 0 Å². The van der Waals surface area contributed by atoms with E-state index in [4.69, 9.17) is 34.8 Å². The Morgan fingerprint density at radius 2 is 1.76 bits per heavy atom. The van der Waals surface area contributed by atoms with Gasteiger partial charge in [-0.1, -0.05) is 46.9 Å². The van der Waals surface area contributed by atoms with E-state index in [1.165, 1.54) is 6.07 Å². The summed E-state index contributed by atoms with van der Waals surface area (Å²) in [6.45, 7) is 0.137. The largest absolute Gasteiger partial charge is 0.348 e. The number of aromatic nitrogens is 2. The summed E-state index contributed by atoms with van der Waals surface area (Å²) in [5, 5.41) is 18.0. The van der Waals surface area contributed by atoms with Crippen LogP contribution in [0.4, 0.5) is 17.3 Å². The molecule has 4 rings (SSSR count). The summed E-state index contributed by atoms with van der Waals surface area (Å²) in [7, 11) is 0. The Kier molecular flexibility index (Phi) is 6.69. The third-order valence-corrected chi connectivity index (χ3v) is 5.79. The first-order valence-electron chi connectivity index (χ1n) is 9.68. The second kappa shape index (κ2) is 9.68. The van der Waals surface area contributed by atoms with Crippen molar-refractivity contribution in [1.82, 2.24) is 15.3 Å². The summed E-state index contributed by atoms with van der Waals surface area (Å²) in [6, 6.07) is 13.7. The highest BCUT2D eigenvalue weighted by Crippen LogP contribution is 2.27. The molecule has 0 saturated carbocycles. The van der Waals surface area contributed by atoms with Crippen LogP contribution in [0.3, 0.4) is 0 Å². The van der Waals surface area contributed by atoms with Gasteiger partial charge in [0.25, 0.3) is 17.2 Å². The van der Waals surface area contributed by atoms with Crippen LogP contribution in [0.5, 0.6) is 0 Å². The van der Waals surface area contributed by atoms with Crippen LogP contribution in [0.2, 0.25) is 15.1 Å². The van der Waals surface area contributed by atoms with Gasteiger partial charge >= 0.3 is 0 Å². The quantitative estimate of drug-likeness (QED) is 0.229. The Morgan fingerprint density at radius 1 is 1.03 bits per heavy atom. The Morgan fingerprint density at radius 3 is 2.44 bits per heavy atom. The van der Waals surface area contributed by atoms with E-state index in [9.17, 15) is 19.7 Å². The van der Waals surface area contributed by atoms with Gasteiger partial charge in [-0.05, 0) is 35.9 Å². The number of fused-ring (bicyclic) bond motifs is 1. The summed E-state index contributed by atoms with van der Waals surface area (Å²) in [6.07, 6.45) is 0. The van der Waals surface area contributed by atoms with Crippen molar-refractivity contribution in [2.45, 2.75) is 6.54 Å². The molecular weight excluding hydrogens is 505 g/mol. The first kappa shape index (κ1) is 23.5. The second-order valence-corrected chi connectivity index (χ2v) is 8.38. The van der Waals surface area contributed by atoms with Gasteiger partial charge in [0.1, 0.15) is 0 Å². The number of aromatic amines is 1. The first-order valence-corrected chi connectivity index (χ1v) is 10.8. The summed E-state index contributed by atoms with van der Waals surface area (Å²) < 4.78 is 0. The van der Waals surface area contributed by atoms with Crippen LogP contribution >= 0.6 is 34.8 Å². The minimum Gasteiger partial charge on any atom is -0.348 e. The number of nitro benzene ring substituents is 1. The van der Waals surface area contributed by atoms with E-state index in [1.807, 2.05) is 0 Å². The van der Waals surface area contributed by atoms with Crippen molar-refractivity contribution in [2.24, 2.45) is 0 Å². The van der Waals surface area contributed by atoms with E-state index in [0.717, 1.165) is 17.7 Å². The SMILES string of the molecule is O=C(NCc1ccc(Cl)cc1)c1cc([N+](=O)[O-])cc2c(=O)[nH]c(Nc3ccc(Cl)c(Cl)c3)nc12. The number of rotatable bonds is 6. The van der Waals surface area contributed by atoms with E-state index in [1.54, 1.807) is 36.4 Å². The lowest BCUT2D eigenvalue weighted by molar-refractivity contribution is -0.384. The van der Waals surface area contributed by atoms with E-state index in [-0.39, 0.29) is 34.0 Å². The smallest absolute Gasteiger partial charge is 0.271 e. The van der Waals surface area contributed by atoms with Crippen molar-refractivity contribution in [2.75, 3.05) is 5.32 Å². The van der Waals surface area contributed by atoms with Gasteiger partial charge in [-0.3, -0.25) is 24.7 Å². The summed E-state index contributed by atoms with van der Waals surface area (Å²) in [5.74, 6) is -0.626. The lowest BCUT2D eigenvalue weighted by atomic mass is 10.1. The number of hydrogen-bond acceptors (Lipinski definition) is 6. The maximum Gasteiger partial charge on any atom is 0.271 e. The molecule has 0 aliphatic rings. The number of amides is 1. The summed E-state index contributed by atoms with van der Waals surface area (Å²) >= 11 is 17.8. The predicted octanol–water partition coefficient (Wildman–Crippen LogP) is 5.47. The molecule has 3 aromatic carbocycles. The van der Waals surface area contributed by atoms with Crippen LogP contribution < -0.4 is 16.2 Å². The van der Waals surface area contributed by atoms with Crippen LogP contribution in [0.25, 0.3) is 10.9 Å². The third kappa shape index (κ3) is 5.12.